The van der Waals surface area contributed by atoms with Crippen molar-refractivity contribution in [3.8, 4) is 0 Å². The molecule has 1 saturated heterocycles. The highest BCUT2D eigenvalue weighted by Gasteiger charge is 2.33. The SMILES string of the molecule is Cn1ccnc(N2CC(n3cc(C4CC4)nn3)C2)c1=O. The van der Waals surface area contributed by atoms with Crippen LogP contribution in [0.5, 0.6) is 0 Å². The molecule has 4 rings (SSSR count). The van der Waals surface area contributed by atoms with Gasteiger partial charge in [0.05, 0.1) is 11.7 Å². The summed E-state index contributed by atoms with van der Waals surface area (Å²) in [6.07, 6.45) is 7.85. The lowest BCUT2D eigenvalue weighted by atomic mass is 10.1. The summed E-state index contributed by atoms with van der Waals surface area (Å²) in [6, 6.07) is 0.293. The average Bonchev–Trinajstić information content (AvgIpc) is 3.13. The Morgan fingerprint density at radius 1 is 1.30 bits per heavy atom. The average molecular weight is 272 g/mol. The van der Waals surface area contributed by atoms with E-state index < -0.39 is 0 Å². The first kappa shape index (κ1) is 11.6. The minimum absolute atomic E-state index is 0.0526. The third kappa shape index (κ3) is 1.81. The third-order valence-electron chi connectivity index (χ3n) is 4.06. The van der Waals surface area contributed by atoms with Crippen molar-refractivity contribution in [1.29, 1.82) is 0 Å². The fraction of sp³-hybridized carbons (Fsp3) is 0.538. The van der Waals surface area contributed by atoms with Gasteiger partial charge in [0.2, 0.25) is 0 Å². The highest BCUT2D eigenvalue weighted by atomic mass is 16.1. The van der Waals surface area contributed by atoms with Crippen molar-refractivity contribution < 1.29 is 0 Å². The molecule has 1 saturated carbocycles. The molecular weight excluding hydrogens is 256 g/mol. The Hall–Kier alpha value is -2.18. The van der Waals surface area contributed by atoms with Crippen molar-refractivity contribution in [3.05, 3.63) is 34.6 Å². The summed E-state index contributed by atoms with van der Waals surface area (Å²) in [7, 11) is 1.74. The van der Waals surface area contributed by atoms with Gasteiger partial charge in [-0.05, 0) is 12.8 Å². The van der Waals surface area contributed by atoms with E-state index in [4.69, 9.17) is 0 Å². The van der Waals surface area contributed by atoms with Crippen LogP contribution in [0.1, 0.15) is 30.5 Å². The van der Waals surface area contributed by atoms with Gasteiger partial charge in [0.1, 0.15) is 0 Å². The Labute approximate surface area is 115 Å². The molecule has 7 heteroatoms. The van der Waals surface area contributed by atoms with Crippen LogP contribution in [0.25, 0.3) is 0 Å². The molecule has 0 unspecified atom stereocenters. The minimum Gasteiger partial charge on any atom is -0.348 e. The Bertz CT molecular complexity index is 695. The summed E-state index contributed by atoms with van der Waals surface area (Å²) in [5.41, 5.74) is 1.06. The van der Waals surface area contributed by atoms with Gasteiger partial charge >= 0.3 is 0 Å². The third-order valence-corrected chi connectivity index (χ3v) is 4.06. The maximum Gasteiger partial charge on any atom is 0.293 e. The van der Waals surface area contributed by atoms with Crippen LogP contribution in [0, 0.1) is 0 Å². The Kier molecular flexibility index (Phi) is 2.42. The fourth-order valence-corrected chi connectivity index (χ4v) is 2.53. The summed E-state index contributed by atoms with van der Waals surface area (Å²) in [5, 5.41) is 8.43. The molecule has 0 radical (unpaired) electrons. The summed E-state index contributed by atoms with van der Waals surface area (Å²) in [5.74, 6) is 1.15. The van der Waals surface area contributed by atoms with Crippen molar-refractivity contribution in [2.45, 2.75) is 24.8 Å². The zero-order valence-electron chi connectivity index (χ0n) is 11.3. The van der Waals surface area contributed by atoms with E-state index in [1.54, 1.807) is 24.0 Å². The molecule has 7 nitrogen and oxygen atoms in total. The van der Waals surface area contributed by atoms with Gasteiger partial charge in [-0.1, -0.05) is 5.21 Å². The van der Waals surface area contributed by atoms with Crippen LogP contribution in [0.4, 0.5) is 5.82 Å². The number of nitrogens with zero attached hydrogens (tertiary/aromatic N) is 6. The molecule has 20 heavy (non-hydrogen) atoms. The molecule has 3 heterocycles. The molecule has 0 N–H and O–H groups in total. The van der Waals surface area contributed by atoms with Gasteiger partial charge in [-0.2, -0.15) is 0 Å². The van der Waals surface area contributed by atoms with Crippen LogP contribution in [0.15, 0.2) is 23.4 Å². The first-order chi connectivity index (χ1) is 9.72. The molecule has 0 atom stereocenters. The van der Waals surface area contributed by atoms with Crippen molar-refractivity contribution in [2.24, 2.45) is 7.05 Å². The Morgan fingerprint density at radius 2 is 2.10 bits per heavy atom. The number of hydrogen-bond donors (Lipinski definition) is 0. The molecule has 0 aromatic carbocycles. The number of aryl methyl sites for hydroxylation is 1. The van der Waals surface area contributed by atoms with E-state index in [9.17, 15) is 4.79 Å². The van der Waals surface area contributed by atoms with E-state index in [0.717, 1.165) is 18.8 Å². The Morgan fingerprint density at radius 3 is 2.85 bits per heavy atom. The van der Waals surface area contributed by atoms with Crippen molar-refractivity contribution in [3.63, 3.8) is 0 Å². The minimum atomic E-state index is -0.0526. The molecule has 104 valence electrons. The zero-order chi connectivity index (χ0) is 13.7. The molecule has 2 fully saturated rings. The van der Waals surface area contributed by atoms with Gasteiger partial charge in [0.25, 0.3) is 5.56 Å². The standard InChI is InChI=1S/C13H16N6O/c1-17-5-4-14-12(13(17)20)18-6-10(7-18)19-8-11(15-16-19)9-2-3-9/h4-5,8-10H,2-3,6-7H2,1H3. The van der Waals surface area contributed by atoms with Gasteiger partial charge in [0, 0.05) is 44.6 Å². The summed E-state index contributed by atoms with van der Waals surface area (Å²) >= 11 is 0. The van der Waals surface area contributed by atoms with Crippen LogP contribution in [0.2, 0.25) is 0 Å². The second-order valence-corrected chi connectivity index (χ2v) is 5.62. The maximum absolute atomic E-state index is 12.0. The van der Waals surface area contributed by atoms with Crippen molar-refractivity contribution >= 4 is 5.82 Å². The predicted octanol–water partition coefficient (Wildman–Crippen LogP) is 0.310. The fourth-order valence-electron chi connectivity index (χ4n) is 2.53. The number of anilines is 1. The van der Waals surface area contributed by atoms with Crippen LogP contribution >= 0.6 is 0 Å². The summed E-state index contributed by atoms with van der Waals surface area (Å²) in [6.45, 7) is 1.53. The van der Waals surface area contributed by atoms with Gasteiger partial charge in [0.15, 0.2) is 5.82 Å². The molecule has 0 bridgehead atoms. The predicted molar refractivity (Wildman–Crippen MR) is 72.7 cm³/mol. The molecule has 2 aromatic rings. The van der Waals surface area contributed by atoms with E-state index in [1.807, 2.05) is 9.58 Å². The zero-order valence-corrected chi connectivity index (χ0v) is 11.3. The number of hydrogen-bond acceptors (Lipinski definition) is 5. The maximum atomic E-state index is 12.0. The second-order valence-electron chi connectivity index (χ2n) is 5.62. The van der Waals surface area contributed by atoms with Gasteiger partial charge in [-0.25, -0.2) is 9.67 Å². The van der Waals surface area contributed by atoms with Gasteiger partial charge in [-0.3, -0.25) is 4.79 Å². The van der Waals surface area contributed by atoms with Crippen LogP contribution in [0.3, 0.4) is 0 Å². The normalized spacial score (nSPS) is 19.1. The molecule has 0 amide bonds. The van der Waals surface area contributed by atoms with E-state index in [1.165, 1.54) is 12.8 Å². The first-order valence-electron chi connectivity index (χ1n) is 6.90. The van der Waals surface area contributed by atoms with Crippen LogP contribution in [-0.2, 0) is 7.05 Å². The second kappa shape index (κ2) is 4.16. The van der Waals surface area contributed by atoms with E-state index in [0.29, 0.717) is 17.8 Å². The van der Waals surface area contributed by atoms with Crippen molar-refractivity contribution in [1.82, 2.24) is 24.5 Å². The first-order valence-corrected chi connectivity index (χ1v) is 6.90. The van der Waals surface area contributed by atoms with E-state index in [-0.39, 0.29) is 5.56 Å². The molecule has 1 aliphatic carbocycles. The van der Waals surface area contributed by atoms with Crippen molar-refractivity contribution in [2.75, 3.05) is 18.0 Å². The molecule has 1 aliphatic heterocycles. The lowest BCUT2D eigenvalue weighted by Gasteiger charge is -2.39. The van der Waals surface area contributed by atoms with E-state index >= 15 is 0 Å². The lowest BCUT2D eigenvalue weighted by Crippen LogP contribution is -2.50. The molecule has 0 spiro atoms. The van der Waals surface area contributed by atoms with Crippen LogP contribution < -0.4 is 10.5 Å². The number of rotatable bonds is 3. The lowest BCUT2D eigenvalue weighted by molar-refractivity contribution is 0.357. The topological polar surface area (TPSA) is 68.8 Å². The van der Waals surface area contributed by atoms with Gasteiger partial charge in [-0.15, -0.1) is 5.10 Å². The number of aromatic nitrogens is 5. The van der Waals surface area contributed by atoms with E-state index in [2.05, 4.69) is 21.5 Å². The summed E-state index contributed by atoms with van der Waals surface area (Å²) in [4.78, 5) is 18.1. The summed E-state index contributed by atoms with van der Waals surface area (Å²) < 4.78 is 3.48. The smallest absolute Gasteiger partial charge is 0.293 e. The molecule has 2 aromatic heterocycles. The monoisotopic (exact) mass is 272 g/mol. The van der Waals surface area contributed by atoms with Crippen LogP contribution in [-0.4, -0.2) is 37.6 Å². The highest BCUT2D eigenvalue weighted by molar-refractivity contribution is 5.39. The largest absolute Gasteiger partial charge is 0.348 e. The quantitative estimate of drug-likeness (QED) is 0.804. The van der Waals surface area contributed by atoms with Gasteiger partial charge < -0.3 is 9.47 Å². The Balaban J connectivity index is 1.48. The highest BCUT2D eigenvalue weighted by Crippen LogP contribution is 2.39. The molecular formula is C13H16N6O. The molecule has 2 aliphatic rings.